The molecule has 1 aromatic carbocycles. The van der Waals surface area contributed by atoms with E-state index in [9.17, 15) is 0 Å². The van der Waals surface area contributed by atoms with Crippen LogP contribution in [0.4, 0.5) is 0 Å². The third kappa shape index (κ3) is 2.65. The van der Waals surface area contributed by atoms with Crippen LogP contribution < -0.4 is 9.47 Å². The molecule has 4 nitrogen and oxygen atoms in total. The van der Waals surface area contributed by atoms with Gasteiger partial charge in [0.2, 0.25) is 0 Å². The molecule has 0 bridgehead atoms. The van der Waals surface area contributed by atoms with E-state index in [-0.39, 0.29) is 5.41 Å². The molecule has 4 rings (SSSR count). The van der Waals surface area contributed by atoms with E-state index < -0.39 is 0 Å². The molecule has 2 aliphatic heterocycles. The van der Waals surface area contributed by atoms with E-state index in [1.165, 1.54) is 63.6 Å². The van der Waals surface area contributed by atoms with Gasteiger partial charge in [0, 0.05) is 17.0 Å². The lowest BCUT2D eigenvalue weighted by molar-refractivity contribution is -0.00861. The average Bonchev–Trinajstić information content (AvgIpc) is 3.01. The van der Waals surface area contributed by atoms with Gasteiger partial charge in [-0.1, -0.05) is 12.5 Å². The van der Waals surface area contributed by atoms with Gasteiger partial charge in [0.15, 0.2) is 11.5 Å². The summed E-state index contributed by atoms with van der Waals surface area (Å²) in [5.74, 6) is 1.69. The lowest BCUT2D eigenvalue weighted by atomic mass is 9.59. The SMILES string of the molecule is COc1ccc([C@]23CCN(C)[C@H]2CC2(CCCCN2C)CC3)cc1OC. The molecule has 1 aromatic rings. The van der Waals surface area contributed by atoms with E-state index in [2.05, 4.69) is 42.1 Å². The van der Waals surface area contributed by atoms with Crippen molar-refractivity contribution in [3.8, 4) is 11.5 Å². The van der Waals surface area contributed by atoms with E-state index in [4.69, 9.17) is 9.47 Å². The first kappa shape index (κ1) is 18.1. The fourth-order valence-corrected chi connectivity index (χ4v) is 6.11. The molecule has 0 radical (unpaired) electrons. The maximum Gasteiger partial charge on any atom is 0.161 e. The molecule has 1 unspecified atom stereocenters. The number of methoxy groups -OCH3 is 2. The summed E-state index contributed by atoms with van der Waals surface area (Å²) in [6.45, 7) is 2.46. The standard InChI is InChI=1S/C22H34N2O2/c1-23-14-12-22(17-7-8-18(25-3)19(15-17)26-4)11-10-21(16-20(22)23)9-5-6-13-24(21)2/h7-8,15,20H,5-6,9-14,16H2,1-4H3/t20-,21?,22-/m0/s1. The molecule has 1 spiro atoms. The molecule has 26 heavy (non-hydrogen) atoms. The van der Waals surface area contributed by atoms with Gasteiger partial charge in [-0.15, -0.1) is 0 Å². The number of likely N-dealkylation sites (tertiary alicyclic amines) is 2. The highest BCUT2D eigenvalue weighted by atomic mass is 16.5. The van der Waals surface area contributed by atoms with Crippen LogP contribution in [0.1, 0.15) is 50.5 Å². The summed E-state index contributed by atoms with van der Waals surface area (Å²) in [5, 5.41) is 0. The smallest absolute Gasteiger partial charge is 0.161 e. The van der Waals surface area contributed by atoms with E-state index >= 15 is 0 Å². The molecule has 3 aliphatic rings. The zero-order chi connectivity index (χ0) is 18.4. The normalized spacial score (nSPS) is 35.5. The number of nitrogens with zero attached hydrogens (tertiary/aromatic N) is 2. The van der Waals surface area contributed by atoms with Crippen molar-refractivity contribution in [3.05, 3.63) is 23.8 Å². The summed E-state index contributed by atoms with van der Waals surface area (Å²) < 4.78 is 11.1. The van der Waals surface area contributed by atoms with E-state index in [0.29, 0.717) is 11.6 Å². The Bertz CT molecular complexity index is 664. The van der Waals surface area contributed by atoms with E-state index in [1.54, 1.807) is 14.2 Å². The second-order valence-electron chi connectivity index (χ2n) is 8.78. The van der Waals surface area contributed by atoms with Crippen LogP contribution in [0.25, 0.3) is 0 Å². The minimum absolute atomic E-state index is 0.262. The molecule has 1 aliphatic carbocycles. The lowest BCUT2D eigenvalue weighted by Crippen LogP contribution is -2.59. The monoisotopic (exact) mass is 358 g/mol. The summed E-state index contributed by atoms with van der Waals surface area (Å²) in [6, 6.07) is 7.24. The molecule has 3 fully saturated rings. The zero-order valence-electron chi connectivity index (χ0n) is 16.9. The highest BCUT2D eigenvalue weighted by molar-refractivity contribution is 5.46. The third-order valence-electron chi connectivity index (χ3n) is 7.84. The van der Waals surface area contributed by atoms with Gasteiger partial charge in [-0.05, 0) is 83.4 Å². The minimum Gasteiger partial charge on any atom is -0.493 e. The van der Waals surface area contributed by atoms with Gasteiger partial charge < -0.3 is 19.3 Å². The average molecular weight is 359 g/mol. The van der Waals surface area contributed by atoms with Gasteiger partial charge in [0.25, 0.3) is 0 Å². The lowest BCUT2D eigenvalue weighted by Gasteiger charge is -2.55. The van der Waals surface area contributed by atoms with Crippen LogP contribution >= 0.6 is 0 Å². The molecule has 144 valence electrons. The van der Waals surface area contributed by atoms with Crippen LogP contribution in [0.15, 0.2) is 18.2 Å². The summed E-state index contributed by atoms with van der Waals surface area (Å²) >= 11 is 0. The van der Waals surface area contributed by atoms with Crippen molar-refractivity contribution in [1.82, 2.24) is 9.80 Å². The van der Waals surface area contributed by atoms with Crippen LogP contribution in [-0.2, 0) is 5.41 Å². The van der Waals surface area contributed by atoms with Gasteiger partial charge in [-0.2, -0.15) is 0 Å². The van der Waals surface area contributed by atoms with E-state index in [0.717, 1.165) is 11.5 Å². The largest absolute Gasteiger partial charge is 0.493 e. The van der Waals surface area contributed by atoms with Crippen molar-refractivity contribution in [3.63, 3.8) is 0 Å². The number of fused-ring (bicyclic) bond motifs is 1. The van der Waals surface area contributed by atoms with Crippen LogP contribution in [0, 0.1) is 0 Å². The Morgan fingerprint density at radius 2 is 1.73 bits per heavy atom. The molecule has 1 saturated carbocycles. The van der Waals surface area contributed by atoms with Gasteiger partial charge in [0.1, 0.15) is 0 Å². The maximum atomic E-state index is 5.62. The molecule has 2 saturated heterocycles. The van der Waals surface area contributed by atoms with Gasteiger partial charge >= 0.3 is 0 Å². The van der Waals surface area contributed by atoms with Crippen molar-refractivity contribution in [2.75, 3.05) is 41.4 Å². The quantitative estimate of drug-likeness (QED) is 0.823. The first-order valence-electron chi connectivity index (χ1n) is 10.2. The Kier molecular flexibility index (Phi) is 4.68. The van der Waals surface area contributed by atoms with Crippen LogP contribution in [-0.4, -0.2) is 62.8 Å². The molecule has 0 aromatic heterocycles. The molecular weight excluding hydrogens is 324 g/mol. The van der Waals surface area contributed by atoms with Crippen molar-refractivity contribution >= 4 is 0 Å². The first-order chi connectivity index (χ1) is 12.5. The Morgan fingerprint density at radius 1 is 0.923 bits per heavy atom. The van der Waals surface area contributed by atoms with Crippen LogP contribution in [0.2, 0.25) is 0 Å². The second kappa shape index (κ2) is 6.72. The van der Waals surface area contributed by atoms with Gasteiger partial charge in [-0.3, -0.25) is 0 Å². The Hall–Kier alpha value is -1.26. The van der Waals surface area contributed by atoms with Crippen LogP contribution in [0.5, 0.6) is 11.5 Å². The Morgan fingerprint density at radius 3 is 2.46 bits per heavy atom. The van der Waals surface area contributed by atoms with Crippen molar-refractivity contribution in [2.24, 2.45) is 0 Å². The predicted molar refractivity (Wildman–Crippen MR) is 105 cm³/mol. The van der Waals surface area contributed by atoms with Crippen molar-refractivity contribution in [1.29, 1.82) is 0 Å². The Balaban J connectivity index is 1.69. The molecule has 4 heteroatoms. The zero-order valence-corrected chi connectivity index (χ0v) is 16.9. The highest BCUT2D eigenvalue weighted by Crippen LogP contribution is 2.54. The van der Waals surface area contributed by atoms with Gasteiger partial charge in [-0.25, -0.2) is 0 Å². The predicted octanol–water partition coefficient (Wildman–Crippen LogP) is 3.68. The number of likely N-dealkylation sites (N-methyl/N-ethyl adjacent to an activating group) is 1. The summed E-state index contributed by atoms with van der Waals surface area (Å²) in [4.78, 5) is 5.31. The molecule has 0 amide bonds. The number of hydrogen-bond donors (Lipinski definition) is 0. The summed E-state index contributed by atoms with van der Waals surface area (Å²) in [5.41, 5.74) is 2.12. The summed E-state index contributed by atoms with van der Waals surface area (Å²) in [6.07, 6.45) is 9.28. The molecular formula is C22H34N2O2. The van der Waals surface area contributed by atoms with Crippen LogP contribution in [0.3, 0.4) is 0 Å². The third-order valence-corrected chi connectivity index (χ3v) is 7.84. The minimum atomic E-state index is 0.262. The summed E-state index contributed by atoms with van der Waals surface area (Å²) in [7, 11) is 8.14. The highest BCUT2D eigenvalue weighted by Gasteiger charge is 2.55. The molecule has 2 heterocycles. The number of ether oxygens (including phenoxy) is 2. The molecule has 3 atom stereocenters. The number of hydrogen-bond acceptors (Lipinski definition) is 4. The van der Waals surface area contributed by atoms with Gasteiger partial charge in [0.05, 0.1) is 14.2 Å². The maximum absolute atomic E-state index is 5.62. The second-order valence-corrected chi connectivity index (χ2v) is 8.78. The molecule has 0 N–H and O–H groups in total. The fourth-order valence-electron chi connectivity index (χ4n) is 6.11. The van der Waals surface area contributed by atoms with Crippen molar-refractivity contribution in [2.45, 2.75) is 61.9 Å². The fraction of sp³-hybridized carbons (Fsp3) is 0.727. The number of rotatable bonds is 3. The van der Waals surface area contributed by atoms with Crippen molar-refractivity contribution < 1.29 is 9.47 Å². The number of benzene rings is 1. The van der Waals surface area contributed by atoms with E-state index in [1.807, 2.05) is 0 Å². The Labute approximate surface area is 158 Å². The topological polar surface area (TPSA) is 24.9 Å². The number of piperidine rings is 1. The first-order valence-corrected chi connectivity index (χ1v) is 10.2.